The minimum Gasteiger partial charge on any atom is -0.298 e. The Morgan fingerprint density at radius 3 is 1.81 bits per heavy atom. The largest absolute Gasteiger partial charge is 0.298 e. The molecule has 43 heavy (non-hydrogen) atoms. The van der Waals surface area contributed by atoms with Gasteiger partial charge in [-0.05, 0) is 79.2 Å². The van der Waals surface area contributed by atoms with Crippen LogP contribution in [0.15, 0.2) is 152 Å². The molecule has 0 aliphatic heterocycles. The van der Waals surface area contributed by atoms with Crippen LogP contribution in [0.5, 0.6) is 0 Å². The SMILES string of the molecule is c1ccc(-c2nc(-c3cccc(-c4ccc5c6ccccc6c6ccccc6c5c4)c3)n3ccc4ccccc4c23)nc1. The summed E-state index contributed by atoms with van der Waals surface area (Å²) in [6, 6.07) is 49.7. The molecule has 0 aliphatic rings. The molecule has 0 unspecified atom stereocenters. The van der Waals surface area contributed by atoms with Gasteiger partial charge in [-0.15, -0.1) is 0 Å². The van der Waals surface area contributed by atoms with Crippen molar-refractivity contribution in [2.45, 2.75) is 0 Å². The molecule has 0 radical (unpaired) electrons. The van der Waals surface area contributed by atoms with Gasteiger partial charge in [-0.1, -0.05) is 109 Å². The molecule has 0 N–H and O–H groups in total. The van der Waals surface area contributed by atoms with Gasteiger partial charge in [0.15, 0.2) is 0 Å². The lowest BCUT2D eigenvalue weighted by Gasteiger charge is -2.12. The van der Waals surface area contributed by atoms with E-state index in [2.05, 4.69) is 137 Å². The number of rotatable bonds is 3. The average molecular weight is 548 g/mol. The summed E-state index contributed by atoms with van der Waals surface area (Å²) in [4.78, 5) is 9.92. The number of hydrogen-bond acceptors (Lipinski definition) is 2. The quantitative estimate of drug-likeness (QED) is 0.206. The Morgan fingerprint density at radius 2 is 1.07 bits per heavy atom. The second-order valence-corrected chi connectivity index (χ2v) is 11.1. The molecule has 0 amide bonds. The van der Waals surface area contributed by atoms with Crippen LogP contribution in [-0.4, -0.2) is 14.4 Å². The molecule has 0 aliphatic carbocycles. The van der Waals surface area contributed by atoms with Gasteiger partial charge in [-0.2, -0.15) is 0 Å². The summed E-state index contributed by atoms with van der Waals surface area (Å²) >= 11 is 0. The first-order valence-electron chi connectivity index (χ1n) is 14.6. The molecular weight excluding hydrogens is 522 g/mol. The standard InChI is InChI=1S/C40H25N3/c1-2-13-30-26(10-1)21-23-43-39(30)38(37-18-7-8-22-41-37)42-40(43)29-12-9-11-27(24-29)28-19-20-35-33-16-4-3-14-31(33)32-15-5-6-17-34(32)36(35)25-28/h1-25H. The lowest BCUT2D eigenvalue weighted by atomic mass is 9.92. The Morgan fingerprint density at radius 1 is 0.442 bits per heavy atom. The van der Waals surface area contributed by atoms with Crippen LogP contribution in [0.2, 0.25) is 0 Å². The topological polar surface area (TPSA) is 30.2 Å². The predicted octanol–water partition coefficient (Wildman–Crippen LogP) is 10.3. The molecule has 3 heterocycles. The van der Waals surface area contributed by atoms with Crippen LogP contribution < -0.4 is 0 Å². The van der Waals surface area contributed by atoms with Gasteiger partial charge in [0.05, 0.1) is 11.2 Å². The maximum Gasteiger partial charge on any atom is 0.145 e. The van der Waals surface area contributed by atoms with Gasteiger partial charge in [-0.3, -0.25) is 9.38 Å². The highest BCUT2D eigenvalue weighted by atomic mass is 15.0. The zero-order chi connectivity index (χ0) is 28.3. The predicted molar refractivity (Wildman–Crippen MR) is 179 cm³/mol. The van der Waals surface area contributed by atoms with Crippen molar-refractivity contribution in [2.24, 2.45) is 0 Å². The van der Waals surface area contributed by atoms with Crippen molar-refractivity contribution in [3.8, 4) is 33.9 Å². The van der Waals surface area contributed by atoms with E-state index in [0.29, 0.717) is 0 Å². The zero-order valence-corrected chi connectivity index (χ0v) is 23.3. The fraction of sp³-hybridized carbons (Fsp3) is 0. The summed E-state index contributed by atoms with van der Waals surface area (Å²) in [7, 11) is 0. The Balaban J connectivity index is 1.26. The van der Waals surface area contributed by atoms with Crippen LogP contribution >= 0.6 is 0 Å². The van der Waals surface area contributed by atoms with Crippen LogP contribution in [0, 0.1) is 0 Å². The Hall–Kier alpha value is -5.80. The fourth-order valence-electron chi connectivity index (χ4n) is 6.66. The highest BCUT2D eigenvalue weighted by molar-refractivity contribution is 6.25. The average Bonchev–Trinajstić information content (AvgIpc) is 3.49. The lowest BCUT2D eigenvalue weighted by molar-refractivity contribution is 1.17. The number of benzene rings is 6. The van der Waals surface area contributed by atoms with Crippen LogP contribution in [0.25, 0.3) is 82.5 Å². The van der Waals surface area contributed by atoms with E-state index >= 15 is 0 Å². The third-order valence-corrected chi connectivity index (χ3v) is 8.64. The highest BCUT2D eigenvalue weighted by Crippen LogP contribution is 2.38. The molecule has 200 valence electrons. The molecule has 0 fully saturated rings. The molecule has 3 aromatic heterocycles. The minimum absolute atomic E-state index is 0.868. The molecule has 9 aromatic rings. The van der Waals surface area contributed by atoms with Gasteiger partial charge >= 0.3 is 0 Å². The molecule has 0 saturated carbocycles. The molecular formula is C40H25N3. The number of imidazole rings is 1. The molecule has 3 nitrogen and oxygen atoms in total. The maximum atomic E-state index is 5.24. The summed E-state index contributed by atoms with van der Waals surface area (Å²) in [5.41, 5.74) is 6.24. The van der Waals surface area contributed by atoms with Gasteiger partial charge in [0.2, 0.25) is 0 Å². The normalized spacial score (nSPS) is 11.7. The Labute approximate surface area is 248 Å². The molecule has 0 saturated heterocycles. The number of fused-ring (bicyclic) bond motifs is 9. The third-order valence-electron chi connectivity index (χ3n) is 8.64. The molecule has 6 aromatic carbocycles. The summed E-state index contributed by atoms with van der Waals surface area (Å²) in [5, 5.41) is 10.0. The maximum absolute atomic E-state index is 5.24. The van der Waals surface area contributed by atoms with Crippen LogP contribution in [0.1, 0.15) is 0 Å². The van der Waals surface area contributed by atoms with Gasteiger partial charge in [0, 0.05) is 23.3 Å². The Kier molecular flexibility index (Phi) is 5.20. The second-order valence-electron chi connectivity index (χ2n) is 11.1. The van der Waals surface area contributed by atoms with E-state index in [1.165, 1.54) is 43.3 Å². The summed E-state index contributed by atoms with van der Waals surface area (Å²) in [5.74, 6) is 0.903. The van der Waals surface area contributed by atoms with Crippen molar-refractivity contribution in [1.29, 1.82) is 0 Å². The van der Waals surface area contributed by atoms with E-state index in [9.17, 15) is 0 Å². The first-order chi connectivity index (χ1) is 21.3. The van der Waals surface area contributed by atoms with Crippen molar-refractivity contribution >= 4 is 48.6 Å². The molecule has 3 heteroatoms. The van der Waals surface area contributed by atoms with Crippen LogP contribution in [0.3, 0.4) is 0 Å². The third kappa shape index (κ3) is 3.68. The van der Waals surface area contributed by atoms with E-state index in [1.807, 2.05) is 24.4 Å². The van der Waals surface area contributed by atoms with E-state index in [4.69, 9.17) is 4.98 Å². The number of nitrogens with zero attached hydrogens (tertiary/aromatic N) is 3. The Bertz CT molecular complexity index is 2470. The monoisotopic (exact) mass is 547 g/mol. The van der Waals surface area contributed by atoms with Gasteiger partial charge in [-0.25, -0.2) is 4.98 Å². The van der Waals surface area contributed by atoms with E-state index in [0.717, 1.165) is 39.2 Å². The van der Waals surface area contributed by atoms with Crippen LogP contribution in [-0.2, 0) is 0 Å². The molecule has 0 spiro atoms. The first kappa shape index (κ1) is 23.9. The number of pyridine rings is 2. The van der Waals surface area contributed by atoms with Crippen molar-refractivity contribution in [3.05, 3.63) is 152 Å². The minimum atomic E-state index is 0.868. The zero-order valence-electron chi connectivity index (χ0n) is 23.3. The van der Waals surface area contributed by atoms with Crippen molar-refractivity contribution in [2.75, 3.05) is 0 Å². The molecule has 9 rings (SSSR count). The van der Waals surface area contributed by atoms with Crippen LogP contribution in [0.4, 0.5) is 0 Å². The lowest BCUT2D eigenvalue weighted by Crippen LogP contribution is -1.91. The van der Waals surface area contributed by atoms with Crippen molar-refractivity contribution in [3.63, 3.8) is 0 Å². The molecule has 0 bridgehead atoms. The van der Waals surface area contributed by atoms with E-state index in [1.54, 1.807) is 0 Å². The molecule has 0 atom stereocenters. The smallest absolute Gasteiger partial charge is 0.145 e. The van der Waals surface area contributed by atoms with Crippen molar-refractivity contribution < 1.29 is 0 Å². The number of hydrogen-bond donors (Lipinski definition) is 0. The van der Waals surface area contributed by atoms with E-state index < -0.39 is 0 Å². The second kappa shape index (κ2) is 9.37. The fourth-order valence-corrected chi connectivity index (χ4v) is 6.66. The van der Waals surface area contributed by atoms with E-state index in [-0.39, 0.29) is 0 Å². The number of aromatic nitrogens is 3. The first-order valence-corrected chi connectivity index (χ1v) is 14.6. The van der Waals surface area contributed by atoms with Gasteiger partial charge in [0.25, 0.3) is 0 Å². The summed E-state index contributed by atoms with van der Waals surface area (Å²) in [6.07, 6.45) is 3.96. The summed E-state index contributed by atoms with van der Waals surface area (Å²) in [6.45, 7) is 0. The van der Waals surface area contributed by atoms with Gasteiger partial charge < -0.3 is 0 Å². The van der Waals surface area contributed by atoms with Crippen molar-refractivity contribution in [1.82, 2.24) is 14.4 Å². The highest BCUT2D eigenvalue weighted by Gasteiger charge is 2.18. The summed E-state index contributed by atoms with van der Waals surface area (Å²) < 4.78 is 2.21. The van der Waals surface area contributed by atoms with Gasteiger partial charge in [0.1, 0.15) is 11.5 Å².